The normalized spacial score (nSPS) is 21.7. The summed E-state index contributed by atoms with van der Waals surface area (Å²) in [4.78, 5) is 0. The van der Waals surface area contributed by atoms with Crippen LogP contribution in [0.2, 0.25) is 0 Å². The van der Waals surface area contributed by atoms with Crippen LogP contribution in [0.3, 0.4) is 0 Å². The molecule has 0 saturated carbocycles. The van der Waals surface area contributed by atoms with E-state index < -0.39 is 17.7 Å². The van der Waals surface area contributed by atoms with Crippen molar-refractivity contribution >= 4 is 0 Å². The molecular weight excluding hydrogens is 240 g/mol. The first-order chi connectivity index (χ1) is 8.63. The summed E-state index contributed by atoms with van der Waals surface area (Å²) in [7, 11) is 1.36. The molecule has 1 aromatic rings. The summed E-state index contributed by atoms with van der Waals surface area (Å²) in [5.74, 6) is -1.22. The maximum atomic E-state index is 13.9. The third-order valence-electron chi connectivity index (χ3n) is 3.32. The molecule has 1 aliphatic rings. The Balaban J connectivity index is 2.26. The van der Waals surface area contributed by atoms with Crippen LogP contribution in [0.25, 0.3) is 0 Å². The fourth-order valence-corrected chi connectivity index (χ4v) is 2.28. The molecule has 0 aliphatic carbocycles. The number of nitrogens with two attached hydrogens (primary N) is 1. The minimum atomic E-state index is -0.684. The van der Waals surface area contributed by atoms with Crippen molar-refractivity contribution in [3.8, 4) is 5.75 Å². The SMILES string of the molecule is COc1cc(F)c(C(N)C2CCCOC2)c(F)c1. The Labute approximate surface area is 105 Å². The molecule has 100 valence electrons. The van der Waals surface area contributed by atoms with E-state index in [-0.39, 0.29) is 17.2 Å². The van der Waals surface area contributed by atoms with Crippen molar-refractivity contribution in [2.75, 3.05) is 20.3 Å². The van der Waals surface area contributed by atoms with Gasteiger partial charge in [0.25, 0.3) is 0 Å². The van der Waals surface area contributed by atoms with Gasteiger partial charge in [0.1, 0.15) is 17.4 Å². The summed E-state index contributed by atoms with van der Waals surface area (Å²) in [5, 5.41) is 0. The lowest BCUT2D eigenvalue weighted by Gasteiger charge is -2.28. The molecule has 1 fully saturated rings. The average molecular weight is 257 g/mol. The van der Waals surface area contributed by atoms with Crippen LogP contribution in [0.1, 0.15) is 24.4 Å². The zero-order chi connectivity index (χ0) is 13.1. The third-order valence-corrected chi connectivity index (χ3v) is 3.32. The van der Waals surface area contributed by atoms with E-state index in [0.717, 1.165) is 25.0 Å². The Kier molecular flexibility index (Phi) is 4.14. The maximum Gasteiger partial charge on any atom is 0.134 e. The number of ether oxygens (including phenoxy) is 2. The number of hydrogen-bond donors (Lipinski definition) is 1. The lowest BCUT2D eigenvalue weighted by atomic mass is 9.89. The van der Waals surface area contributed by atoms with E-state index in [4.69, 9.17) is 15.2 Å². The summed E-state index contributed by atoms with van der Waals surface area (Å²) in [6.45, 7) is 1.14. The van der Waals surface area contributed by atoms with Crippen molar-refractivity contribution in [2.45, 2.75) is 18.9 Å². The van der Waals surface area contributed by atoms with E-state index in [1.807, 2.05) is 0 Å². The van der Waals surface area contributed by atoms with Crippen molar-refractivity contribution in [1.29, 1.82) is 0 Å². The molecular formula is C13H17F2NO2. The highest BCUT2D eigenvalue weighted by molar-refractivity contribution is 5.32. The summed E-state index contributed by atoms with van der Waals surface area (Å²) in [5.41, 5.74) is 5.88. The maximum absolute atomic E-state index is 13.9. The van der Waals surface area contributed by atoms with Crippen LogP contribution in [-0.2, 0) is 4.74 Å². The first-order valence-electron chi connectivity index (χ1n) is 5.99. The van der Waals surface area contributed by atoms with Gasteiger partial charge in [0.05, 0.1) is 13.7 Å². The predicted molar refractivity (Wildman–Crippen MR) is 63.4 cm³/mol. The van der Waals surface area contributed by atoms with Gasteiger partial charge in [-0.05, 0) is 12.8 Å². The highest BCUT2D eigenvalue weighted by Crippen LogP contribution is 2.32. The number of rotatable bonds is 3. The number of methoxy groups -OCH3 is 1. The van der Waals surface area contributed by atoms with E-state index in [9.17, 15) is 8.78 Å². The largest absolute Gasteiger partial charge is 0.497 e. The Hall–Kier alpha value is -1.20. The van der Waals surface area contributed by atoms with Gasteiger partial charge in [-0.15, -0.1) is 0 Å². The van der Waals surface area contributed by atoms with Gasteiger partial charge in [0, 0.05) is 36.3 Å². The van der Waals surface area contributed by atoms with Gasteiger partial charge in [-0.3, -0.25) is 0 Å². The molecule has 0 radical (unpaired) electrons. The predicted octanol–water partition coefficient (Wildman–Crippen LogP) is 2.40. The lowest BCUT2D eigenvalue weighted by molar-refractivity contribution is 0.0438. The second kappa shape index (κ2) is 5.63. The molecule has 18 heavy (non-hydrogen) atoms. The van der Waals surface area contributed by atoms with Crippen molar-refractivity contribution in [3.63, 3.8) is 0 Å². The monoisotopic (exact) mass is 257 g/mol. The van der Waals surface area contributed by atoms with Gasteiger partial charge in [-0.2, -0.15) is 0 Å². The van der Waals surface area contributed by atoms with Gasteiger partial charge in [0.2, 0.25) is 0 Å². The molecule has 2 rings (SSSR count). The Morgan fingerprint density at radius 1 is 1.39 bits per heavy atom. The summed E-state index contributed by atoms with van der Waals surface area (Å²) >= 11 is 0. The fraction of sp³-hybridized carbons (Fsp3) is 0.538. The van der Waals surface area contributed by atoms with Crippen LogP contribution >= 0.6 is 0 Å². The lowest BCUT2D eigenvalue weighted by Crippen LogP contribution is -2.30. The molecule has 1 aliphatic heterocycles. The zero-order valence-electron chi connectivity index (χ0n) is 10.3. The summed E-state index contributed by atoms with van der Waals surface area (Å²) in [6.07, 6.45) is 1.70. The van der Waals surface area contributed by atoms with Gasteiger partial charge >= 0.3 is 0 Å². The smallest absolute Gasteiger partial charge is 0.134 e. The Morgan fingerprint density at radius 3 is 2.56 bits per heavy atom. The zero-order valence-corrected chi connectivity index (χ0v) is 10.3. The van der Waals surface area contributed by atoms with Crippen molar-refractivity contribution in [1.82, 2.24) is 0 Å². The minimum Gasteiger partial charge on any atom is -0.497 e. The first-order valence-corrected chi connectivity index (χ1v) is 5.99. The molecule has 3 nitrogen and oxygen atoms in total. The quantitative estimate of drug-likeness (QED) is 0.904. The van der Waals surface area contributed by atoms with E-state index in [0.29, 0.717) is 13.2 Å². The summed E-state index contributed by atoms with van der Waals surface area (Å²) in [6, 6.07) is 1.63. The standard InChI is InChI=1S/C13H17F2NO2/c1-17-9-5-10(14)12(11(15)6-9)13(16)8-3-2-4-18-7-8/h5-6,8,13H,2-4,7,16H2,1H3. The number of halogens is 2. The van der Waals surface area contributed by atoms with Crippen molar-refractivity contribution in [3.05, 3.63) is 29.3 Å². The van der Waals surface area contributed by atoms with Gasteiger partial charge in [-0.25, -0.2) is 8.78 Å². The summed E-state index contributed by atoms with van der Waals surface area (Å²) < 4.78 is 37.8. The molecule has 0 spiro atoms. The van der Waals surface area contributed by atoms with Gasteiger partial charge in [-0.1, -0.05) is 0 Å². The van der Waals surface area contributed by atoms with Crippen LogP contribution in [0.15, 0.2) is 12.1 Å². The van der Waals surface area contributed by atoms with Gasteiger partial charge < -0.3 is 15.2 Å². The number of benzene rings is 1. The van der Waals surface area contributed by atoms with E-state index >= 15 is 0 Å². The molecule has 2 atom stereocenters. The van der Waals surface area contributed by atoms with Crippen LogP contribution in [0, 0.1) is 17.6 Å². The van der Waals surface area contributed by atoms with Crippen LogP contribution in [0.4, 0.5) is 8.78 Å². The molecule has 2 unspecified atom stereocenters. The minimum absolute atomic E-state index is 0.0452. The first kappa shape index (κ1) is 13.2. The average Bonchev–Trinajstić information content (AvgIpc) is 2.38. The second-order valence-electron chi connectivity index (χ2n) is 4.51. The molecule has 0 aromatic heterocycles. The molecule has 1 heterocycles. The topological polar surface area (TPSA) is 44.5 Å². The van der Waals surface area contributed by atoms with Crippen molar-refractivity contribution < 1.29 is 18.3 Å². The highest BCUT2D eigenvalue weighted by atomic mass is 19.1. The Morgan fingerprint density at radius 2 is 2.06 bits per heavy atom. The second-order valence-corrected chi connectivity index (χ2v) is 4.51. The fourth-order valence-electron chi connectivity index (χ4n) is 2.28. The van der Waals surface area contributed by atoms with E-state index in [1.54, 1.807) is 0 Å². The molecule has 1 saturated heterocycles. The van der Waals surface area contributed by atoms with Crippen LogP contribution in [0.5, 0.6) is 5.75 Å². The highest BCUT2D eigenvalue weighted by Gasteiger charge is 2.27. The Bertz CT molecular complexity index is 396. The van der Waals surface area contributed by atoms with Crippen molar-refractivity contribution in [2.24, 2.45) is 11.7 Å². The van der Waals surface area contributed by atoms with E-state index in [1.165, 1.54) is 7.11 Å². The molecule has 5 heteroatoms. The molecule has 2 N–H and O–H groups in total. The van der Waals surface area contributed by atoms with E-state index in [2.05, 4.69) is 0 Å². The molecule has 1 aromatic carbocycles. The molecule has 0 bridgehead atoms. The molecule has 0 amide bonds. The van der Waals surface area contributed by atoms with Gasteiger partial charge in [0.15, 0.2) is 0 Å². The number of hydrogen-bond acceptors (Lipinski definition) is 3. The van der Waals surface area contributed by atoms with Crippen LogP contribution in [-0.4, -0.2) is 20.3 Å². The third kappa shape index (κ3) is 2.62. The van der Waals surface area contributed by atoms with Crippen LogP contribution < -0.4 is 10.5 Å².